The van der Waals surface area contributed by atoms with E-state index in [4.69, 9.17) is 26.1 Å². The summed E-state index contributed by atoms with van der Waals surface area (Å²) in [6.07, 6.45) is 7.83. The number of hydrogen-bond donors (Lipinski definition) is 4. The molecule has 4 aliphatic heterocycles. The van der Waals surface area contributed by atoms with Gasteiger partial charge in [0.25, 0.3) is 0 Å². The second kappa shape index (κ2) is 36.0. The molecular formula is C85H90F4N12O4S4. The lowest BCUT2D eigenvalue weighted by atomic mass is 9.98. The molecule has 109 heavy (non-hydrogen) atoms. The Kier molecular flexibility index (Phi) is 25.9. The fraction of sp³-hybridized carbons (Fsp3) is 0.341. The van der Waals surface area contributed by atoms with Crippen LogP contribution in [0.25, 0.3) is 0 Å². The van der Waals surface area contributed by atoms with Gasteiger partial charge in [0.15, 0.2) is 0 Å². The molecule has 1 saturated carbocycles. The van der Waals surface area contributed by atoms with E-state index in [1.807, 2.05) is 141 Å². The Bertz CT molecular complexity index is 4650. The number of benzene rings is 8. The van der Waals surface area contributed by atoms with Crippen molar-refractivity contribution in [2.24, 2.45) is 38.0 Å². The van der Waals surface area contributed by atoms with Crippen molar-refractivity contribution in [3.05, 3.63) is 286 Å². The van der Waals surface area contributed by atoms with Crippen LogP contribution < -0.4 is 21.7 Å². The fourth-order valence-electron chi connectivity index (χ4n) is 15.0. The van der Waals surface area contributed by atoms with Crippen LogP contribution in [0.4, 0.5) is 17.6 Å². The Morgan fingerprint density at radius 2 is 0.798 bits per heavy atom. The van der Waals surface area contributed by atoms with Gasteiger partial charge in [-0.25, -0.2) is 37.6 Å². The summed E-state index contributed by atoms with van der Waals surface area (Å²) in [5, 5.41) is 39.3. The number of nitrogens with two attached hydrogens (primary N) is 1. The van der Waals surface area contributed by atoms with Crippen molar-refractivity contribution >= 4 is 90.9 Å². The number of amides is 4. The molecule has 24 heteroatoms. The standard InChI is InChI=1S/C85H90F4N12O4S4/c1-59(80(104)100-84(68-35-11-5-12-36-68,108-78(96-100)64-29-19-41-72(88)56-64)46-22-49-91-52-43-74(102)98-82(44-21-48-90,66-31-7-3-8-32-66)106-76(94-98)62-27-17-39-70(86)54-62)58-92-50-23-45-83(67-33-9-4-10-34-67)99(95-77(107-83)63-28-18-40-71(87)55-63)75(103)53-60(2)93-51-24-47-85(69-37-13-6-14-38-69)101(81(105)61-25-15-16-26-61)97-79(109-85)65-30-20-42-73(89)57-65/h3-14,17-20,27-42,54-57,59-61,91-93H,15-16,21-26,43-53,58,90H2,1-2H3. The molecule has 5 aliphatic rings. The summed E-state index contributed by atoms with van der Waals surface area (Å²) >= 11 is 5.73. The second-order valence-electron chi connectivity index (χ2n) is 28.2. The first-order chi connectivity index (χ1) is 53.0. The van der Waals surface area contributed by atoms with Gasteiger partial charge in [-0.15, -0.1) is 0 Å². The molecule has 6 atom stereocenters. The highest BCUT2D eigenvalue weighted by Gasteiger charge is 2.53. The van der Waals surface area contributed by atoms with Crippen LogP contribution in [0.2, 0.25) is 0 Å². The summed E-state index contributed by atoms with van der Waals surface area (Å²) in [6, 6.07) is 63.9. The van der Waals surface area contributed by atoms with Gasteiger partial charge in [-0.1, -0.05) is 237 Å². The maximum Gasteiger partial charge on any atom is 0.248 e. The fourth-order valence-corrected chi connectivity index (χ4v) is 20.6. The zero-order chi connectivity index (χ0) is 76.0. The summed E-state index contributed by atoms with van der Waals surface area (Å²) in [6.45, 7) is 6.21. The van der Waals surface area contributed by atoms with Gasteiger partial charge >= 0.3 is 0 Å². The Hall–Kier alpha value is -8.72. The number of nitrogens with one attached hydrogen (secondary N) is 3. The Balaban J connectivity index is 0.681. The lowest BCUT2D eigenvalue weighted by Crippen LogP contribution is -2.46. The number of hydrogen-bond acceptors (Lipinski definition) is 16. The maximum absolute atomic E-state index is 15.4. The minimum atomic E-state index is -1.07. The minimum Gasteiger partial charge on any atom is -0.330 e. The highest BCUT2D eigenvalue weighted by Crippen LogP contribution is 2.55. The third-order valence-corrected chi connectivity index (χ3v) is 26.3. The van der Waals surface area contributed by atoms with Crippen LogP contribution in [0.1, 0.15) is 148 Å². The minimum absolute atomic E-state index is 0.0322. The molecule has 566 valence electrons. The molecule has 16 nitrogen and oxygen atoms in total. The number of thioether (sulfide) groups is 4. The number of hydrazone groups is 4. The van der Waals surface area contributed by atoms with Gasteiger partial charge in [-0.05, 0) is 168 Å². The normalized spacial score (nSPS) is 21.2. The van der Waals surface area contributed by atoms with E-state index in [2.05, 4.69) is 16.0 Å². The Labute approximate surface area is 652 Å². The first-order valence-electron chi connectivity index (χ1n) is 37.6. The summed E-state index contributed by atoms with van der Waals surface area (Å²) < 4.78 is 59.7. The third-order valence-electron chi connectivity index (χ3n) is 20.5. The molecule has 0 radical (unpaired) electrons. The summed E-state index contributed by atoms with van der Waals surface area (Å²) in [7, 11) is 0. The molecule has 1 fully saturated rings. The highest BCUT2D eigenvalue weighted by molar-refractivity contribution is 8.16. The van der Waals surface area contributed by atoms with Crippen LogP contribution in [0.3, 0.4) is 0 Å². The lowest BCUT2D eigenvalue weighted by molar-refractivity contribution is -0.139. The molecule has 0 saturated heterocycles. The van der Waals surface area contributed by atoms with Crippen LogP contribution in [-0.2, 0) is 38.7 Å². The van der Waals surface area contributed by atoms with Gasteiger partial charge in [-0.2, -0.15) is 20.4 Å². The van der Waals surface area contributed by atoms with E-state index in [-0.39, 0.29) is 60.8 Å². The molecule has 0 spiro atoms. The molecular weight excluding hydrogens is 1460 g/mol. The van der Waals surface area contributed by atoms with E-state index >= 15 is 18.4 Å². The average molecular weight is 1550 g/mol. The van der Waals surface area contributed by atoms with Crippen molar-refractivity contribution in [3.8, 4) is 0 Å². The van der Waals surface area contributed by atoms with Crippen molar-refractivity contribution < 1.29 is 36.7 Å². The van der Waals surface area contributed by atoms with E-state index in [0.717, 1.165) is 47.9 Å². The Morgan fingerprint density at radius 3 is 1.21 bits per heavy atom. The molecule has 1 aliphatic carbocycles. The topological polar surface area (TPSA) is 193 Å². The van der Waals surface area contributed by atoms with Gasteiger partial charge in [0, 0.05) is 66.1 Å². The van der Waals surface area contributed by atoms with Gasteiger partial charge in [0.2, 0.25) is 23.6 Å². The number of nitrogens with zero attached hydrogens (tertiary/aromatic N) is 8. The molecule has 0 aromatic heterocycles. The number of carbonyl (C=O) groups is 4. The van der Waals surface area contributed by atoms with Gasteiger partial charge in [-0.3, -0.25) is 19.2 Å². The van der Waals surface area contributed by atoms with Crippen LogP contribution in [0, 0.1) is 35.1 Å². The molecule has 5 N–H and O–H groups in total. The monoisotopic (exact) mass is 1550 g/mol. The summed E-state index contributed by atoms with van der Waals surface area (Å²) in [5.41, 5.74) is 11.8. The molecule has 8 aromatic carbocycles. The second-order valence-corrected chi connectivity index (χ2v) is 33.3. The van der Waals surface area contributed by atoms with Gasteiger partial charge in [0.05, 0.1) is 0 Å². The van der Waals surface area contributed by atoms with Crippen LogP contribution >= 0.6 is 47.0 Å². The quantitative estimate of drug-likeness (QED) is 0.0225. The predicted molar refractivity (Wildman–Crippen MR) is 432 cm³/mol. The van der Waals surface area contributed by atoms with Crippen molar-refractivity contribution in [1.82, 2.24) is 36.0 Å². The number of carbonyl (C=O) groups excluding carboxylic acids is 4. The maximum atomic E-state index is 15.4. The predicted octanol–water partition coefficient (Wildman–Crippen LogP) is 16.5. The zero-order valence-electron chi connectivity index (χ0n) is 61.1. The zero-order valence-corrected chi connectivity index (χ0v) is 64.4. The third kappa shape index (κ3) is 17.7. The van der Waals surface area contributed by atoms with E-state index < -0.39 is 42.9 Å². The molecule has 0 bridgehead atoms. The molecule has 4 amide bonds. The molecule has 4 heterocycles. The van der Waals surface area contributed by atoms with Crippen molar-refractivity contribution in [2.45, 2.75) is 129 Å². The van der Waals surface area contributed by atoms with Crippen LogP contribution in [0.5, 0.6) is 0 Å². The van der Waals surface area contributed by atoms with E-state index in [9.17, 15) is 18.4 Å². The first-order valence-corrected chi connectivity index (χ1v) is 40.8. The highest BCUT2D eigenvalue weighted by atomic mass is 32.2. The smallest absolute Gasteiger partial charge is 0.248 e. The SMILES string of the molecule is CC(CC(=O)N1N=C(c2cccc(F)c2)SC1(CCCNCC(C)C(=O)N1N=C(c2cccc(F)c2)SC1(CCCNCCC(=O)N1N=C(c2cccc(F)c2)SC1(CCCN)c1ccccc1)c1ccccc1)c1ccccc1)NCCCC1(c2ccccc2)SC(c2cccc(F)c2)=NN1C(=O)C1CCCC1. The van der Waals surface area contributed by atoms with Crippen molar-refractivity contribution in [2.75, 3.05) is 39.3 Å². The number of halogens is 4. The molecule has 6 unspecified atom stereocenters. The lowest BCUT2D eigenvalue weighted by Gasteiger charge is -2.37. The van der Waals surface area contributed by atoms with E-state index in [1.54, 1.807) is 62.5 Å². The van der Waals surface area contributed by atoms with Crippen LogP contribution in [0.15, 0.2) is 239 Å². The Morgan fingerprint density at radius 1 is 0.440 bits per heavy atom. The van der Waals surface area contributed by atoms with Crippen LogP contribution in [-0.4, -0.2) is 109 Å². The van der Waals surface area contributed by atoms with Gasteiger partial charge in [0.1, 0.15) is 62.9 Å². The first kappa shape index (κ1) is 78.4. The van der Waals surface area contributed by atoms with E-state index in [1.165, 1.54) is 95.6 Å². The van der Waals surface area contributed by atoms with Gasteiger partial charge < -0.3 is 21.7 Å². The number of rotatable bonds is 33. The summed E-state index contributed by atoms with van der Waals surface area (Å²) in [4.78, 5) is 55.9. The average Bonchev–Trinajstić information content (AvgIpc) is 1.64. The van der Waals surface area contributed by atoms with Crippen molar-refractivity contribution in [3.63, 3.8) is 0 Å². The molecule has 13 rings (SSSR count). The van der Waals surface area contributed by atoms with E-state index in [0.29, 0.717) is 127 Å². The van der Waals surface area contributed by atoms with Crippen molar-refractivity contribution in [1.29, 1.82) is 0 Å². The summed E-state index contributed by atoms with van der Waals surface area (Å²) in [5.74, 6) is -3.18. The largest absolute Gasteiger partial charge is 0.330 e. The molecule has 8 aromatic rings.